The second-order valence-corrected chi connectivity index (χ2v) is 14.4. The number of sulfonamides is 1. The van der Waals surface area contributed by atoms with Gasteiger partial charge in [0.25, 0.3) is 10.0 Å². The van der Waals surface area contributed by atoms with Crippen molar-refractivity contribution in [2.75, 3.05) is 17.4 Å². The minimum atomic E-state index is -4.15. The van der Waals surface area contributed by atoms with Crippen LogP contribution in [0.5, 0.6) is 0 Å². The lowest BCUT2D eigenvalue weighted by molar-refractivity contribution is -0.140. The number of amides is 2. The van der Waals surface area contributed by atoms with Crippen molar-refractivity contribution in [3.63, 3.8) is 0 Å². The van der Waals surface area contributed by atoms with E-state index in [1.54, 1.807) is 36.4 Å². The number of carbonyl (C=O) groups is 2. The van der Waals surface area contributed by atoms with Gasteiger partial charge in [-0.3, -0.25) is 13.9 Å². The molecule has 0 saturated heterocycles. The van der Waals surface area contributed by atoms with Crippen LogP contribution in [0.3, 0.4) is 0 Å². The molecule has 7 nitrogen and oxygen atoms in total. The van der Waals surface area contributed by atoms with Crippen LogP contribution in [0, 0.1) is 20.8 Å². The molecule has 0 radical (unpaired) electrons. The molecule has 0 bridgehead atoms. The highest BCUT2D eigenvalue weighted by Gasteiger charge is 2.34. The Balaban J connectivity index is 1.80. The third-order valence-corrected chi connectivity index (χ3v) is 10.3. The molecular formula is C37H42BrN3O4S. The fourth-order valence-corrected chi connectivity index (χ4v) is 6.76. The molecule has 1 atom stereocenters. The van der Waals surface area contributed by atoms with E-state index in [1.807, 2.05) is 88.4 Å². The molecule has 0 spiro atoms. The molecule has 4 rings (SSSR count). The van der Waals surface area contributed by atoms with Crippen LogP contribution in [0.4, 0.5) is 5.69 Å². The maximum absolute atomic E-state index is 14.6. The number of benzene rings is 4. The van der Waals surface area contributed by atoms with E-state index in [4.69, 9.17) is 0 Å². The topological polar surface area (TPSA) is 86.8 Å². The number of nitrogens with zero attached hydrogens (tertiary/aromatic N) is 2. The Kier molecular flexibility index (Phi) is 12.2. The molecule has 242 valence electrons. The van der Waals surface area contributed by atoms with Crippen molar-refractivity contribution in [3.8, 4) is 0 Å². The summed E-state index contributed by atoms with van der Waals surface area (Å²) in [5.41, 5.74) is 4.92. The normalized spacial score (nSPS) is 11.9. The van der Waals surface area contributed by atoms with Gasteiger partial charge in [0.15, 0.2) is 0 Å². The van der Waals surface area contributed by atoms with Crippen molar-refractivity contribution in [2.24, 2.45) is 0 Å². The van der Waals surface area contributed by atoms with E-state index < -0.39 is 28.5 Å². The van der Waals surface area contributed by atoms with E-state index in [0.717, 1.165) is 49.4 Å². The highest BCUT2D eigenvalue weighted by Crippen LogP contribution is 2.27. The van der Waals surface area contributed by atoms with E-state index in [9.17, 15) is 18.0 Å². The number of aryl methyl sites for hydroxylation is 3. The zero-order valence-corrected chi connectivity index (χ0v) is 29.3. The molecular weight excluding hydrogens is 662 g/mol. The molecule has 0 heterocycles. The van der Waals surface area contributed by atoms with Gasteiger partial charge in [-0.05, 0) is 85.8 Å². The van der Waals surface area contributed by atoms with Crippen LogP contribution in [0.15, 0.2) is 106 Å². The van der Waals surface area contributed by atoms with Gasteiger partial charge in [-0.15, -0.1) is 0 Å². The molecule has 0 saturated carbocycles. The zero-order valence-electron chi connectivity index (χ0n) is 26.9. The van der Waals surface area contributed by atoms with Crippen LogP contribution in [-0.4, -0.2) is 44.3 Å². The second-order valence-electron chi connectivity index (χ2n) is 11.6. The summed E-state index contributed by atoms with van der Waals surface area (Å²) < 4.78 is 30.5. The first-order valence-electron chi connectivity index (χ1n) is 15.5. The lowest BCUT2D eigenvalue weighted by atomic mass is 10.0. The molecule has 0 aromatic heterocycles. The number of hydrogen-bond acceptors (Lipinski definition) is 4. The number of rotatable bonds is 14. The molecule has 0 aliphatic heterocycles. The fourth-order valence-electron chi connectivity index (χ4n) is 5.09. The standard InChI is InChI=1S/C37H42BrN3O4S/c1-5-6-22-39-37(43)35(24-30-10-8-7-9-11-30)40(25-31-15-17-32(38)18-16-31)36(42)26-41(33-19-14-28(3)29(4)23-33)46(44,45)34-20-12-27(2)13-21-34/h7-21,23,35H,5-6,22,24-26H2,1-4H3,(H,39,43). The van der Waals surface area contributed by atoms with Gasteiger partial charge in [0.05, 0.1) is 10.6 Å². The average molecular weight is 705 g/mol. The van der Waals surface area contributed by atoms with Crippen LogP contribution < -0.4 is 9.62 Å². The first kappa shape index (κ1) is 34.9. The predicted octanol–water partition coefficient (Wildman–Crippen LogP) is 7.13. The number of nitrogens with one attached hydrogen (secondary N) is 1. The summed E-state index contributed by atoms with van der Waals surface area (Å²) in [7, 11) is -4.15. The Bertz CT molecular complexity index is 1730. The van der Waals surface area contributed by atoms with Crippen molar-refractivity contribution >= 4 is 43.5 Å². The molecule has 4 aromatic carbocycles. The zero-order chi connectivity index (χ0) is 33.3. The Morgan fingerprint density at radius 3 is 2.13 bits per heavy atom. The summed E-state index contributed by atoms with van der Waals surface area (Å²) >= 11 is 3.47. The number of carbonyl (C=O) groups excluding carboxylic acids is 2. The van der Waals surface area contributed by atoms with E-state index in [1.165, 1.54) is 4.90 Å². The Morgan fingerprint density at radius 2 is 1.50 bits per heavy atom. The summed E-state index contributed by atoms with van der Waals surface area (Å²) in [5, 5.41) is 3.02. The van der Waals surface area contributed by atoms with E-state index in [2.05, 4.69) is 21.2 Å². The van der Waals surface area contributed by atoms with Gasteiger partial charge in [0.1, 0.15) is 12.6 Å². The van der Waals surface area contributed by atoms with Gasteiger partial charge >= 0.3 is 0 Å². The SMILES string of the molecule is CCCCNC(=O)C(Cc1ccccc1)N(Cc1ccc(Br)cc1)C(=O)CN(c1ccc(C)c(C)c1)S(=O)(=O)c1ccc(C)cc1. The minimum Gasteiger partial charge on any atom is -0.354 e. The fraction of sp³-hybridized carbons (Fsp3) is 0.297. The third kappa shape index (κ3) is 9.07. The molecule has 1 unspecified atom stereocenters. The lowest BCUT2D eigenvalue weighted by Crippen LogP contribution is -2.53. The summed E-state index contributed by atoms with van der Waals surface area (Å²) in [6.45, 7) is 7.92. The summed E-state index contributed by atoms with van der Waals surface area (Å²) in [5.74, 6) is -0.759. The molecule has 1 N–H and O–H groups in total. The van der Waals surface area contributed by atoms with Gasteiger partial charge in [0, 0.05) is 24.0 Å². The van der Waals surface area contributed by atoms with E-state index in [-0.39, 0.29) is 23.8 Å². The highest BCUT2D eigenvalue weighted by molar-refractivity contribution is 9.10. The molecule has 2 amide bonds. The third-order valence-electron chi connectivity index (χ3n) is 8.03. The summed E-state index contributed by atoms with van der Waals surface area (Å²) in [4.78, 5) is 30.0. The molecule has 0 aliphatic rings. The van der Waals surface area contributed by atoms with Gasteiger partial charge in [-0.25, -0.2) is 8.42 Å². The van der Waals surface area contributed by atoms with Crippen molar-refractivity contribution < 1.29 is 18.0 Å². The molecule has 46 heavy (non-hydrogen) atoms. The van der Waals surface area contributed by atoms with E-state index >= 15 is 0 Å². The van der Waals surface area contributed by atoms with Crippen LogP contribution >= 0.6 is 15.9 Å². The van der Waals surface area contributed by atoms with Crippen molar-refractivity contribution in [3.05, 3.63) is 129 Å². The monoisotopic (exact) mass is 703 g/mol. The summed E-state index contributed by atoms with van der Waals surface area (Å²) in [6.07, 6.45) is 1.99. The number of halogens is 1. The molecule has 4 aromatic rings. The maximum atomic E-state index is 14.6. The van der Waals surface area contributed by atoms with Gasteiger partial charge in [-0.1, -0.05) is 95.5 Å². The van der Waals surface area contributed by atoms with Gasteiger partial charge in [0.2, 0.25) is 11.8 Å². The predicted molar refractivity (Wildman–Crippen MR) is 188 cm³/mol. The highest BCUT2D eigenvalue weighted by atomic mass is 79.9. The Hall–Kier alpha value is -3.95. The summed E-state index contributed by atoms with van der Waals surface area (Å²) in [6, 6.07) is 28.2. The molecule has 0 fully saturated rings. The van der Waals surface area contributed by atoms with Crippen molar-refractivity contribution in [2.45, 2.75) is 64.4 Å². The quantitative estimate of drug-likeness (QED) is 0.142. The first-order valence-corrected chi connectivity index (χ1v) is 17.7. The number of unbranched alkanes of at least 4 members (excludes halogenated alkanes) is 1. The largest absolute Gasteiger partial charge is 0.354 e. The Morgan fingerprint density at radius 1 is 0.826 bits per heavy atom. The van der Waals surface area contributed by atoms with Gasteiger partial charge < -0.3 is 10.2 Å². The van der Waals surface area contributed by atoms with Crippen molar-refractivity contribution in [1.82, 2.24) is 10.2 Å². The minimum absolute atomic E-state index is 0.0849. The smallest absolute Gasteiger partial charge is 0.264 e. The molecule has 9 heteroatoms. The number of anilines is 1. The van der Waals surface area contributed by atoms with Gasteiger partial charge in [-0.2, -0.15) is 0 Å². The van der Waals surface area contributed by atoms with Crippen LogP contribution in [0.25, 0.3) is 0 Å². The van der Waals surface area contributed by atoms with Crippen LogP contribution in [0.1, 0.15) is 47.6 Å². The van der Waals surface area contributed by atoms with E-state index in [0.29, 0.717) is 12.2 Å². The number of hydrogen-bond donors (Lipinski definition) is 1. The maximum Gasteiger partial charge on any atom is 0.264 e. The first-order chi connectivity index (χ1) is 22.0. The molecule has 0 aliphatic carbocycles. The Labute approximate surface area is 281 Å². The van der Waals surface area contributed by atoms with Crippen LogP contribution in [0.2, 0.25) is 0 Å². The second kappa shape index (κ2) is 16.1. The van der Waals surface area contributed by atoms with Crippen LogP contribution in [-0.2, 0) is 32.6 Å². The average Bonchev–Trinajstić information content (AvgIpc) is 3.04. The van der Waals surface area contributed by atoms with Crippen molar-refractivity contribution in [1.29, 1.82) is 0 Å². The lowest BCUT2D eigenvalue weighted by Gasteiger charge is -2.34.